The Bertz CT molecular complexity index is 482. The predicted molar refractivity (Wildman–Crippen MR) is 85.6 cm³/mol. The highest BCUT2D eigenvalue weighted by molar-refractivity contribution is 7.80. The highest BCUT2D eigenvalue weighted by Gasteiger charge is 2.13. The zero-order chi connectivity index (χ0) is 13.7. The van der Waals surface area contributed by atoms with Crippen LogP contribution in [0.2, 0.25) is 0 Å². The lowest BCUT2D eigenvalue weighted by atomic mass is 9.89. The van der Waals surface area contributed by atoms with Gasteiger partial charge in [-0.3, -0.25) is 5.43 Å². The number of hydrazone groups is 1. The topological polar surface area (TPSA) is 36.4 Å². The second-order valence-corrected chi connectivity index (χ2v) is 5.72. The Hall–Kier alpha value is -1.42. The minimum atomic E-state index is 0.552. The van der Waals surface area contributed by atoms with E-state index in [0.717, 1.165) is 24.4 Å². The monoisotopic (exact) mass is 275 g/mol. The van der Waals surface area contributed by atoms with Crippen LogP contribution in [0.5, 0.6) is 0 Å². The van der Waals surface area contributed by atoms with Crippen molar-refractivity contribution in [3.8, 4) is 0 Å². The Morgan fingerprint density at radius 2 is 2.26 bits per heavy atom. The summed E-state index contributed by atoms with van der Waals surface area (Å²) in [6, 6.07) is 8.13. The molecule has 0 amide bonds. The molecule has 2 rings (SSSR count). The fourth-order valence-corrected chi connectivity index (χ4v) is 2.54. The van der Waals surface area contributed by atoms with E-state index in [2.05, 4.69) is 41.8 Å². The number of rotatable bonds is 2. The largest absolute Gasteiger partial charge is 0.331 e. The molecule has 0 aliphatic heterocycles. The van der Waals surface area contributed by atoms with Gasteiger partial charge >= 0.3 is 0 Å². The van der Waals surface area contributed by atoms with E-state index in [0.29, 0.717) is 5.11 Å². The Morgan fingerprint density at radius 1 is 1.42 bits per heavy atom. The van der Waals surface area contributed by atoms with E-state index in [1.54, 1.807) is 0 Å². The average Bonchev–Trinajstić information content (AvgIpc) is 2.36. The van der Waals surface area contributed by atoms with E-state index >= 15 is 0 Å². The first-order valence-electron chi connectivity index (χ1n) is 6.82. The van der Waals surface area contributed by atoms with Crippen molar-refractivity contribution in [1.29, 1.82) is 0 Å². The first-order valence-corrected chi connectivity index (χ1v) is 7.23. The van der Waals surface area contributed by atoms with Crippen molar-refractivity contribution in [2.75, 3.05) is 5.32 Å². The van der Waals surface area contributed by atoms with Crippen LogP contribution in [0.25, 0.3) is 0 Å². The Morgan fingerprint density at radius 3 is 3.00 bits per heavy atom. The van der Waals surface area contributed by atoms with Crippen molar-refractivity contribution in [3.05, 3.63) is 29.8 Å². The van der Waals surface area contributed by atoms with E-state index in [1.165, 1.54) is 24.1 Å². The molecule has 0 heterocycles. The Kier molecular flexibility index (Phi) is 4.91. The molecule has 1 aliphatic carbocycles. The molecule has 1 saturated carbocycles. The fraction of sp³-hybridized carbons (Fsp3) is 0.467. The van der Waals surface area contributed by atoms with E-state index in [4.69, 9.17) is 12.2 Å². The molecule has 3 nitrogen and oxygen atoms in total. The van der Waals surface area contributed by atoms with Gasteiger partial charge in [-0.2, -0.15) is 5.10 Å². The summed E-state index contributed by atoms with van der Waals surface area (Å²) in [5.74, 6) is 0.743. The number of hydrogen-bond acceptors (Lipinski definition) is 2. The fourth-order valence-electron chi connectivity index (χ4n) is 2.37. The molecule has 1 aromatic rings. The summed E-state index contributed by atoms with van der Waals surface area (Å²) >= 11 is 5.25. The van der Waals surface area contributed by atoms with Gasteiger partial charge in [-0.1, -0.05) is 19.1 Å². The molecule has 0 aromatic heterocycles. The van der Waals surface area contributed by atoms with Gasteiger partial charge < -0.3 is 5.32 Å². The average molecular weight is 275 g/mol. The third-order valence-corrected chi connectivity index (χ3v) is 3.53. The maximum absolute atomic E-state index is 5.25. The third kappa shape index (κ3) is 4.63. The van der Waals surface area contributed by atoms with Crippen molar-refractivity contribution in [2.45, 2.75) is 39.5 Å². The molecule has 19 heavy (non-hydrogen) atoms. The molecular weight excluding hydrogens is 254 g/mol. The maximum atomic E-state index is 5.25. The van der Waals surface area contributed by atoms with Crippen molar-refractivity contribution in [2.24, 2.45) is 11.0 Å². The highest BCUT2D eigenvalue weighted by atomic mass is 32.1. The minimum Gasteiger partial charge on any atom is -0.331 e. The van der Waals surface area contributed by atoms with Gasteiger partial charge in [0.2, 0.25) is 0 Å². The molecule has 1 atom stereocenters. The molecule has 4 heteroatoms. The van der Waals surface area contributed by atoms with Gasteiger partial charge in [0.25, 0.3) is 0 Å². The number of anilines is 1. The second kappa shape index (κ2) is 6.66. The molecule has 0 spiro atoms. The SMILES string of the molecule is Cc1cccc(NC(=S)N/N=C2/CCC[C@H](C)C2)c1. The summed E-state index contributed by atoms with van der Waals surface area (Å²) in [5, 5.41) is 8.11. The van der Waals surface area contributed by atoms with Crippen molar-refractivity contribution in [3.63, 3.8) is 0 Å². The quantitative estimate of drug-likeness (QED) is 0.636. The summed E-state index contributed by atoms with van der Waals surface area (Å²) in [6.45, 7) is 4.34. The first-order chi connectivity index (χ1) is 9.13. The lowest BCUT2D eigenvalue weighted by Gasteiger charge is -2.19. The summed E-state index contributed by atoms with van der Waals surface area (Å²) in [4.78, 5) is 0. The molecule has 102 valence electrons. The maximum Gasteiger partial charge on any atom is 0.191 e. The summed E-state index contributed by atoms with van der Waals surface area (Å²) in [6.07, 6.45) is 4.72. The number of nitrogens with one attached hydrogen (secondary N) is 2. The standard InChI is InChI=1S/C15H21N3S/c1-11-5-3-7-13(9-11)16-15(19)18-17-14-8-4-6-12(2)10-14/h3,5,7,9,12H,4,6,8,10H2,1-2H3,(H2,16,18,19)/b17-14-/t12-/m0/s1. The van der Waals surface area contributed by atoms with Crippen molar-refractivity contribution >= 4 is 28.7 Å². The van der Waals surface area contributed by atoms with Crippen LogP contribution in [0, 0.1) is 12.8 Å². The van der Waals surface area contributed by atoms with Crippen LogP contribution in [0.3, 0.4) is 0 Å². The van der Waals surface area contributed by atoms with Crippen molar-refractivity contribution in [1.82, 2.24) is 5.43 Å². The van der Waals surface area contributed by atoms with E-state index in [-0.39, 0.29) is 0 Å². The number of nitrogens with zero attached hydrogens (tertiary/aromatic N) is 1. The number of hydrogen-bond donors (Lipinski definition) is 2. The summed E-state index contributed by atoms with van der Waals surface area (Å²) in [5.41, 5.74) is 6.38. The zero-order valence-corrected chi connectivity index (χ0v) is 12.4. The Balaban J connectivity index is 1.86. The molecule has 0 radical (unpaired) electrons. The molecule has 0 bridgehead atoms. The smallest absolute Gasteiger partial charge is 0.191 e. The zero-order valence-electron chi connectivity index (χ0n) is 11.6. The van der Waals surface area contributed by atoms with Gasteiger partial charge in [-0.15, -0.1) is 0 Å². The van der Waals surface area contributed by atoms with Crippen molar-refractivity contribution < 1.29 is 0 Å². The Labute approximate surface area is 120 Å². The molecule has 1 aromatic carbocycles. The van der Waals surface area contributed by atoms with Crippen LogP contribution in [-0.2, 0) is 0 Å². The summed E-state index contributed by atoms with van der Waals surface area (Å²) < 4.78 is 0. The van der Waals surface area contributed by atoms with E-state index in [9.17, 15) is 0 Å². The van der Waals surface area contributed by atoms with Crippen LogP contribution in [0.4, 0.5) is 5.69 Å². The van der Waals surface area contributed by atoms with Gasteiger partial charge in [0.05, 0.1) is 0 Å². The van der Waals surface area contributed by atoms with Crippen LogP contribution >= 0.6 is 12.2 Å². The lowest BCUT2D eigenvalue weighted by molar-refractivity contribution is 0.498. The summed E-state index contributed by atoms with van der Waals surface area (Å²) in [7, 11) is 0. The van der Waals surface area contributed by atoms with E-state index in [1.807, 2.05) is 12.1 Å². The van der Waals surface area contributed by atoms with Gasteiger partial charge in [0, 0.05) is 11.4 Å². The molecule has 1 fully saturated rings. The van der Waals surface area contributed by atoms with Crippen LogP contribution in [-0.4, -0.2) is 10.8 Å². The van der Waals surface area contributed by atoms with Crippen LogP contribution < -0.4 is 10.7 Å². The lowest BCUT2D eigenvalue weighted by Crippen LogP contribution is -2.26. The highest BCUT2D eigenvalue weighted by Crippen LogP contribution is 2.20. The molecule has 0 unspecified atom stereocenters. The third-order valence-electron chi connectivity index (χ3n) is 3.34. The van der Waals surface area contributed by atoms with Gasteiger partial charge in [-0.25, -0.2) is 0 Å². The van der Waals surface area contributed by atoms with Gasteiger partial charge in [0.1, 0.15) is 0 Å². The molecule has 0 saturated heterocycles. The molecule has 2 N–H and O–H groups in total. The van der Waals surface area contributed by atoms with Gasteiger partial charge in [-0.05, 0) is 68.4 Å². The second-order valence-electron chi connectivity index (χ2n) is 5.31. The molecular formula is C15H21N3S. The predicted octanol–water partition coefficient (Wildman–Crippen LogP) is 3.85. The van der Waals surface area contributed by atoms with Crippen LogP contribution in [0.1, 0.15) is 38.2 Å². The van der Waals surface area contributed by atoms with E-state index < -0.39 is 0 Å². The molecule has 1 aliphatic rings. The normalized spacial score (nSPS) is 21.2. The minimum absolute atomic E-state index is 0.552. The number of aryl methyl sites for hydroxylation is 1. The van der Waals surface area contributed by atoms with Gasteiger partial charge in [0.15, 0.2) is 5.11 Å². The van der Waals surface area contributed by atoms with Crippen LogP contribution in [0.15, 0.2) is 29.4 Å². The number of benzene rings is 1. The first kappa shape index (κ1) is 14.0. The number of thiocarbonyl (C=S) groups is 1.